The summed E-state index contributed by atoms with van der Waals surface area (Å²) in [5.74, 6) is 1.35. The molecule has 2 aromatic heterocycles. The van der Waals surface area contributed by atoms with Gasteiger partial charge in [0, 0.05) is 48.4 Å². The van der Waals surface area contributed by atoms with Crippen LogP contribution in [0.25, 0.3) is 23.1 Å². The molecular formula is C33H32N4O5. The number of aromatic nitrogens is 3. The molecule has 6 rings (SSSR count). The van der Waals surface area contributed by atoms with Gasteiger partial charge in [0.05, 0.1) is 24.6 Å². The summed E-state index contributed by atoms with van der Waals surface area (Å²) < 4.78 is 18.6. The van der Waals surface area contributed by atoms with E-state index in [1.165, 1.54) is 4.68 Å². The van der Waals surface area contributed by atoms with Crippen LogP contribution in [0.5, 0.6) is 11.5 Å². The Morgan fingerprint density at radius 1 is 1.19 bits per heavy atom. The molecule has 2 aromatic carbocycles. The lowest BCUT2D eigenvalue weighted by atomic mass is 9.89. The van der Waals surface area contributed by atoms with Crippen molar-refractivity contribution in [2.45, 2.75) is 31.0 Å². The summed E-state index contributed by atoms with van der Waals surface area (Å²) in [5.41, 5.74) is 2.78. The number of rotatable bonds is 10. The third-order valence-corrected chi connectivity index (χ3v) is 7.62. The lowest BCUT2D eigenvalue weighted by Gasteiger charge is -2.26. The molecule has 2 atom stereocenters. The minimum Gasteiger partial charge on any atom is -0.496 e. The van der Waals surface area contributed by atoms with Crippen LogP contribution in [-0.4, -0.2) is 46.1 Å². The number of allylic oxidation sites excluding steroid dienone is 4. The molecule has 0 amide bonds. The summed E-state index contributed by atoms with van der Waals surface area (Å²) in [7, 11) is 1.61. The van der Waals surface area contributed by atoms with Crippen LogP contribution in [0.2, 0.25) is 0 Å². The van der Waals surface area contributed by atoms with Gasteiger partial charge >= 0.3 is 5.66 Å². The zero-order valence-corrected chi connectivity index (χ0v) is 23.3. The van der Waals surface area contributed by atoms with E-state index in [1.807, 2.05) is 73.0 Å². The Morgan fingerprint density at radius 3 is 2.90 bits per heavy atom. The molecule has 2 unspecified atom stereocenters. The number of nitro groups is 1. The first-order chi connectivity index (χ1) is 20.5. The van der Waals surface area contributed by atoms with Crippen LogP contribution in [0.15, 0.2) is 103 Å². The van der Waals surface area contributed by atoms with Gasteiger partial charge in [-0.2, -0.15) is 9.78 Å². The Morgan fingerprint density at radius 2 is 2.12 bits per heavy atom. The average molecular weight is 565 g/mol. The van der Waals surface area contributed by atoms with Crippen molar-refractivity contribution >= 4 is 23.1 Å². The fourth-order valence-corrected chi connectivity index (χ4v) is 5.42. The Kier molecular flexibility index (Phi) is 7.74. The summed E-state index contributed by atoms with van der Waals surface area (Å²) in [4.78, 5) is 15.5. The van der Waals surface area contributed by atoms with Crippen LogP contribution >= 0.6 is 0 Å². The number of benzene rings is 2. The molecule has 1 fully saturated rings. The van der Waals surface area contributed by atoms with Crippen molar-refractivity contribution in [2.24, 2.45) is 0 Å². The number of ether oxygens (including phenoxy) is 3. The van der Waals surface area contributed by atoms with Gasteiger partial charge in [0.25, 0.3) is 0 Å². The molecule has 1 aliphatic heterocycles. The van der Waals surface area contributed by atoms with E-state index in [9.17, 15) is 10.1 Å². The van der Waals surface area contributed by atoms with Crippen molar-refractivity contribution in [1.82, 2.24) is 14.8 Å². The molecule has 1 N–H and O–H groups in total. The van der Waals surface area contributed by atoms with E-state index in [2.05, 4.69) is 16.1 Å². The Bertz CT molecular complexity index is 1690. The van der Waals surface area contributed by atoms with Crippen LogP contribution in [0.1, 0.15) is 30.4 Å². The predicted molar refractivity (Wildman–Crippen MR) is 162 cm³/mol. The third kappa shape index (κ3) is 5.77. The molecule has 9 heteroatoms. The van der Waals surface area contributed by atoms with Crippen LogP contribution in [0.4, 0.5) is 0 Å². The Hall–Kier alpha value is -4.89. The normalized spacial score (nSPS) is 20.7. The molecule has 1 saturated heterocycles. The maximum Gasteiger partial charge on any atom is 0.338 e. The summed E-state index contributed by atoms with van der Waals surface area (Å²) in [6, 6.07) is 15.5. The van der Waals surface area contributed by atoms with Gasteiger partial charge in [-0.25, -0.2) is 0 Å². The zero-order valence-electron chi connectivity index (χ0n) is 23.3. The first-order valence-electron chi connectivity index (χ1n) is 14.0. The molecule has 214 valence electrons. The molecule has 42 heavy (non-hydrogen) atoms. The van der Waals surface area contributed by atoms with Crippen LogP contribution in [0, 0.1) is 10.1 Å². The predicted octanol–water partition coefficient (Wildman–Crippen LogP) is 6.54. The first kappa shape index (κ1) is 27.3. The van der Waals surface area contributed by atoms with E-state index in [1.54, 1.807) is 31.6 Å². The van der Waals surface area contributed by atoms with Gasteiger partial charge in [-0.3, -0.25) is 10.1 Å². The van der Waals surface area contributed by atoms with Crippen LogP contribution in [-0.2, 0) is 10.4 Å². The van der Waals surface area contributed by atoms with E-state index < -0.39 is 5.66 Å². The minimum absolute atomic E-state index is 0.123. The Balaban J connectivity index is 1.29. The monoisotopic (exact) mass is 564 g/mol. The molecule has 1 aliphatic carbocycles. The molecular weight excluding hydrogens is 532 g/mol. The molecule has 3 heterocycles. The van der Waals surface area contributed by atoms with Crippen molar-refractivity contribution < 1.29 is 19.1 Å². The summed E-state index contributed by atoms with van der Waals surface area (Å²) in [5, 5.41) is 18.0. The molecule has 0 bridgehead atoms. The number of hydrogen-bond acceptors (Lipinski definition) is 6. The largest absolute Gasteiger partial charge is 0.496 e. The molecule has 0 spiro atoms. The maximum atomic E-state index is 12.6. The second-order valence-electron chi connectivity index (χ2n) is 10.5. The highest BCUT2D eigenvalue weighted by Crippen LogP contribution is 2.36. The van der Waals surface area contributed by atoms with E-state index in [-0.39, 0.29) is 17.4 Å². The summed E-state index contributed by atoms with van der Waals surface area (Å²) >= 11 is 0. The van der Waals surface area contributed by atoms with E-state index in [0.717, 1.165) is 47.1 Å². The van der Waals surface area contributed by atoms with Gasteiger partial charge in [0.15, 0.2) is 0 Å². The third-order valence-electron chi connectivity index (χ3n) is 7.62. The van der Waals surface area contributed by atoms with E-state index in [4.69, 9.17) is 14.2 Å². The highest BCUT2D eigenvalue weighted by Gasteiger charge is 2.45. The standard InChI is InChI=1S/C33H32N4O5/c1-40-32-20-29(42-23-30-4-2-17-41-30)12-11-28(32)10-8-26-18-25(6-5-24-7-9-27-13-15-34-31(27)19-24)21-33(22-26,37(38)39)36-16-3-14-35-36/h3,5-16,18-21,30,34H,2,4,17,22-23H2,1H3/b6-5+,10-8+. The number of H-pyrrole nitrogens is 1. The summed E-state index contributed by atoms with van der Waals surface area (Å²) in [6.45, 7) is 1.29. The number of methoxy groups -OCH3 is 1. The highest BCUT2D eigenvalue weighted by atomic mass is 16.6. The fourth-order valence-electron chi connectivity index (χ4n) is 5.42. The molecule has 2 aliphatic rings. The minimum atomic E-state index is -1.56. The van der Waals surface area contributed by atoms with Gasteiger partial charge in [0.1, 0.15) is 18.1 Å². The molecule has 4 aromatic rings. The maximum absolute atomic E-state index is 12.6. The molecule has 0 saturated carbocycles. The topological polar surface area (TPSA) is 104 Å². The highest BCUT2D eigenvalue weighted by molar-refractivity contribution is 5.82. The van der Waals surface area contributed by atoms with Crippen molar-refractivity contribution in [2.75, 3.05) is 20.3 Å². The zero-order chi connectivity index (χ0) is 28.9. The average Bonchev–Trinajstić information content (AvgIpc) is 3.81. The summed E-state index contributed by atoms with van der Waals surface area (Å²) in [6.07, 6.45) is 18.7. The quantitative estimate of drug-likeness (QED) is 0.173. The molecule has 9 nitrogen and oxygen atoms in total. The number of nitrogens with zero attached hydrogens (tertiary/aromatic N) is 3. The second kappa shape index (κ2) is 11.9. The SMILES string of the molecule is COc1cc(OCC2CCCO2)ccc1/C=C/C1=CC(/C=C/c2ccc3cc[nH]c3c2)=CC(n2cccn2)([N+](=O)[O-])C1. The van der Waals surface area contributed by atoms with Crippen molar-refractivity contribution in [3.63, 3.8) is 0 Å². The first-order valence-corrected chi connectivity index (χ1v) is 14.0. The van der Waals surface area contributed by atoms with Gasteiger partial charge in [-0.1, -0.05) is 42.5 Å². The molecule has 0 radical (unpaired) electrons. The van der Waals surface area contributed by atoms with Crippen LogP contribution in [0.3, 0.4) is 0 Å². The smallest absolute Gasteiger partial charge is 0.338 e. The Labute approximate surface area is 243 Å². The van der Waals surface area contributed by atoms with Gasteiger partial charge in [0.2, 0.25) is 0 Å². The number of aromatic amines is 1. The number of nitrogens with one attached hydrogen (secondary N) is 1. The van der Waals surface area contributed by atoms with E-state index in [0.29, 0.717) is 23.7 Å². The van der Waals surface area contributed by atoms with E-state index >= 15 is 0 Å². The van der Waals surface area contributed by atoms with Crippen molar-refractivity contribution in [1.29, 1.82) is 0 Å². The number of hydrogen-bond donors (Lipinski definition) is 1. The van der Waals surface area contributed by atoms with Gasteiger partial charge in [-0.05, 0) is 65.3 Å². The number of fused-ring (bicyclic) bond motifs is 1. The van der Waals surface area contributed by atoms with Crippen LogP contribution < -0.4 is 9.47 Å². The van der Waals surface area contributed by atoms with Gasteiger partial charge in [-0.15, -0.1) is 0 Å². The second-order valence-corrected chi connectivity index (χ2v) is 10.5. The lowest BCUT2D eigenvalue weighted by Crippen LogP contribution is -2.42. The van der Waals surface area contributed by atoms with Crippen molar-refractivity contribution in [3.8, 4) is 11.5 Å². The lowest BCUT2D eigenvalue weighted by molar-refractivity contribution is -0.587. The van der Waals surface area contributed by atoms with Gasteiger partial charge < -0.3 is 19.2 Å². The van der Waals surface area contributed by atoms with Crippen molar-refractivity contribution in [3.05, 3.63) is 124 Å². The fraction of sp³-hybridized carbons (Fsp3) is 0.242.